The Hall–Kier alpha value is -4.08. The third kappa shape index (κ3) is 7.21. The number of allylic oxidation sites excluding steroid dienone is 2. The largest absolute Gasteiger partial charge is 0.416 e. The van der Waals surface area contributed by atoms with Crippen molar-refractivity contribution >= 4 is 46.9 Å². The average molecular weight is 598 g/mol. The van der Waals surface area contributed by atoms with Crippen molar-refractivity contribution in [1.29, 1.82) is 0 Å². The standard InChI is InChI=1S/C32H30F3N3O3.ClH/c33-32(34,35)23-14-10-21(11-15-23)25(22-12-16-24(17-13-22)38-18-2-1-3-19-38)6-4-9-30(40)36-27-7-5-8-28-26(27)20-29(39)31(41)37-28;/h4-17,29,39H,1-3,18-20H2,(H,36,40)(H,37,41);1H/b9-4+,25-6+;. The number of piperidine rings is 1. The van der Waals surface area contributed by atoms with Crippen LogP contribution in [0.3, 0.4) is 0 Å². The average Bonchev–Trinajstić information content (AvgIpc) is 2.97. The fraction of sp³-hybridized carbons (Fsp3) is 0.250. The number of alkyl halides is 3. The number of hydrogen-bond acceptors (Lipinski definition) is 4. The number of fused-ring (bicyclic) bond motifs is 1. The number of carbonyl (C=O) groups is 2. The van der Waals surface area contributed by atoms with E-state index >= 15 is 0 Å². The van der Waals surface area contributed by atoms with E-state index in [0.29, 0.717) is 28.1 Å². The van der Waals surface area contributed by atoms with Gasteiger partial charge >= 0.3 is 6.18 Å². The minimum Gasteiger partial charge on any atom is -0.383 e. The number of anilines is 3. The highest BCUT2D eigenvalue weighted by Crippen LogP contribution is 2.33. The van der Waals surface area contributed by atoms with Gasteiger partial charge in [-0.3, -0.25) is 9.59 Å². The lowest BCUT2D eigenvalue weighted by Gasteiger charge is -2.29. The molecule has 1 atom stereocenters. The Bertz CT molecular complexity index is 1480. The molecule has 2 amide bonds. The molecule has 2 aliphatic rings. The van der Waals surface area contributed by atoms with Crippen LogP contribution in [-0.2, 0) is 22.2 Å². The van der Waals surface area contributed by atoms with E-state index in [1.54, 1.807) is 30.4 Å². The van der Waals surface area contributed by atoms with E-state index in [-0.39, 0.29) is 18.8 Å². The number of nitrogens with zero attached hydrogens (tertiary/aromatic N) is 1. The fourth-order valence-corrected chi connectivity index (χ4v) is 5.15. The molecule has 3 aromatic rings. The van der Waals surface area contributed by atoms with Crippen LogP contribution in [0.1, 0.15) is 41.5 Å². The first-order valence-corrected chi connectivity index (χ1v) is 13.5. The highest BCUT2D eigenvalue weighted by Gasteiger charge is 2.30. The maximum absolute atomic E-state index is 13.2. The number of aliphatic hydroxyl groups excluding tert-OH is 1. The Labute approximate surface area is 248 Å². The van der Waals surface area contributed by atoms with Gasteiger partial charge in [-0.15, -0.1) is 12.4 Å². The number of aliphatic hydroxyl groups is 1. The lowest BCUT2D eigenvalue weighted by molar-refractivity contribution is -0.137. The van der Waals surface area contributed by atoms with Gasteiger partial charge in [-0.05, 0) is 72.4 Å². The van der Waals surface area contributed by atoms with Crippen molar-refractivity contribution < 1.29 is 27.9 Å². The van der Waals surface area contributed by atoms with E-state index < -0.39 is 29.7 Å². The molecule has 10 heteroatoms. The first-order valence-electron chi connectivity index (χ1n) is 13.5. The zero-order chi connectivity index (χ0) is 29.0. The Balaban J connectivity index is 0.00000405. The van der Waals surface area contributed by atoms with E-state index in [2.05, 4.69) is 15.5 Å². The van der Waals surface area contributed by atoms with E-state index in [0.717, 1.165) is 49.3 Å². The predicted molar refractivity (Wildman–Crippen MR) is 161 cm³/mol. The Morgan fingerprint density at radius 2 is 1.60 bits per heavy atom. The maximum Gasteiger partial charge on any atom is 0.416 e. The second-order valence-corrected chi connectivity index (χ2v) is 10.1. The van der Waals surface area contributed by atoms with Crippen molar-refractivity contribution in [3.8, 4) is 0 Å². The molecule has 0 saturated carbocycles. The van der Waals surface area contributed by atoms with Crippen LogP contribution in [-0.4, -0.2) is 36.1 Å². The van der Waals surface area contributed by atoms with Gasteiger partial charge < -0.3 is 20.6 Å². The molecule has 220 valence electrons. The maximum atomic E-state index is 13.2. The van der Waals surface area contributed by atoms with Gasteiger partial charge in [0.1, 0.15) is 6.10 Å². The molecule has 1 fully saturated rings. The molecule has 0 spiro atoms. The normalized spacial score (nSPS) is 17.3. The molecule has 3 aromatic carbocycles. The van der Waals surface area contributed by atoms with Crippen molar-refractivity contribution in [2.75, 3.05) is 28.6 Å². The molecular weight excluding hydrogens is 567 g/mol. The molecule has 2 aliphatic heterocycles. The first-order chi connectivity index (χ1) is 19.7. The third-order valence-electron chi connectivity index (χ3n) is 7.33. The molecule has 6 nitrogen and oxygen atoms in total. The Kier molecular flexibility index (Phi) is 9.75. The van der Waals surface area contributed by atoms with E-state index in [4.69, 9.17) is 0 Å². The van der Waals surface area contributed by atoms with Crippen LogP contribution < -0.4 is 15.5 Å². The highest BCUT2D eigenvalue weighted by atomic mass is 35.5. The topological polar surface area (TPSA) is 81.7 Å². The van der Waals surface area contributed by atoms with E-state index in [9.17, 15) is 27.9 Å². The molecular formula is C32H31ClF3N3O3. The molecule has 1 unspecified atom stereocenters. The van der Waals surface area contributed by atoms with Crippen LogP contribution in [0.15, 0.2) is 85.0 Å². The first kappa shape index (κ1) is 30.9. The summed E-state index contributed by atoms with van der Waals surface area (Å²) >= 11 is 0. The van der Waals surface area contributed by atoms with Crippen molar-refractivity contribution in [1.82, 2.24) is 0 Å². The van der Waals surface area contributed by atoms with Crippen molar-refractivity contribution in [3.63, 3.8) is 0 Å². The summed E-state index contributed by atoms with van der Waals surface area (Å²) in [4.78, 5) is 26.9. The monoisotopic (exact) mass is 597 g/mol. The summed E-state index contributed by atoms with van der Waals surface area (Å²) in [6.07, 6.45) is 2.52. The molecule has 0 aliphatic carbocycles. The molecule has 42 heavy (non-hydrogen) atoms. The zero-order valence-corrected chi connectivity index (χ0v) is 23.5. The van der Waals surface area contributed by atoms with Gasteiger partial charge in [-0.2, -0.15) is 13.2 Å². The molecule has 0 aromatic heterocycles. The fourth-order valence-electron chi connectivity index (χ4n) is 5.15. The van der Waals surface area contributed by atoms with Crippen LogP contribution >= 0.6 is 12.4 Å². The second-order valence-electron chi connectivity index (χ2n) is 10.1. The molecule has 5 rings (SSSR count). The number of hydrogen-bond donors (Lipinski definition) is 3. The van der Waals surface area contributed by atoms with Crippen molar-refractivity contribution in [3.05, 3.63) is 107 Å². The summed E-state index contributed by atoms with van der Waals surface area (Å²) in [5.41, 5.74) is 4.03. The molecule has 1 saturated heterocycles. The molecule has 0 bridgehead atoms. The summed E-state index contributed by atoms with van der Waals surface area (Å²) in [6, 6.07) is 17.9. The lowest BCUT2D eigenvalue weighted by atomic mass is 9.96. The van der Waals surface area contributed by atoms with Crippen LogP contribution in [0.2, 0.25) is 0 Å². The van der Waals surface area contributed by atoms with Gasteiger partial charge in [0.25, 0.3) is 5.91 Å². The van der Waals surface area contributed by atoms with Gasteiger partial charge in [0, 0.05) is 48.2 Å². The van der Waals surface area contributed by atoms with Crippen molar-refractivity contribution in [2.24, 2.45) is 0 Å². The number of benzene rings is 3. The summed E-state index contributed by atoms with van der Waals surface area (Å²) in [5, 5.41) is 15.3. The molecule has 0 radical (unpaired) electrons. The predicted octanol–water partition coefficient (Wildman–Crippen LogP) is 6.60. The van der Waals surface area contributed by atoms with Crippen LogP contribution in [0, 0.1) is 0 Å². The number of nitrogens with one attached hydrogen (secondary N) is 2. The molecule has 2 heterocycles. The van der Waals surface area contributed by atoms with Gasteiger partial charge in [-0.25, -0.2) is 0 Å². The van der Waals surface area contributed by atoms with Crippen LogP contribution in [0.4, 0.5) is 30.2 Å². The third-order valence-corrected chi connectivity index (χ3v) is 7.33. The highest BCUT2D eigenvalue weighted by molar-refractivity contribution is 6.03. The van der Waals surface area contributed by atoms with Crippen LogP contribution in [0.5, 0.6) is 0 Å². The smallest absolute Gasteiger partial charge is 0.383 e. The number of amides is 2. The number of rotatable bonds is 6. The van der Waals surface area contributed by atoms with Gasteiger partial charge in [-0.1, -0.05) is 42.5 Å². The number of halogens is 4. The number of carbonyl (C=O) groups excluding carboxylic acids is 2. The Morgan fingerprint density at radius 3 is 2.24 bits per heavy atom. The van der Waals surface area contributed by atoms with Gasteiger partial charge in [0.05, 0.1) is 5.56 Å². The quantitative estimate of drug-likeness (QED) is 0.221. The SMILES string of the molecule is Cl.O=C(/C=C/C=C(/c1ccc(N2CCCCC2)cc1)c1ccc(C(F)(F)F)cc1)Nc1cccc2c1CC(O)C(=O)N2. The van der Waals surface area contributed by atoms with E-state index in [1.165, 1.54) is 24.6 Å². The summed E-state index contributed by atoms with van der Waals surface area (Å²) in [5.74, 6) is -0.931. The van der Waals surface area contributed by atoms with Crippen molar-refractivity contribution in [2.45, 2.75) is 38.0 Å². The zero-order valence-electron chi connectivity index (χ0n) is 22.7. The summed E-state index contributed by atoms with van der Waals surface area (Å²) in [6.45, 7) is 1.99. The van der Waals surface area contributed by atoms with Crippen LogP contribution in [0.25, 0.3) is 5.57 Å². The van der Waals surface area contributed by atoms with Gasteiger partial charge in [0.2, 0.25) is 5.91 Å². The molecule has 3 N–H and O–H groups in total. The minimum absolute atomic E-state index is 0. The lowest BCUT2D eigenvalue weighted by Crippen LogP contribution is -2.34. The summed E-state index contributed by atoms with van der Waals surface area (Å²) in [7, 11) is 0. The van der Waals surface area contributed by atoms with Gasteiger partial charge in [0.15, 0.2) is 0 Å². The van der Waals surface area contributed by atoms with E-state index in [1.807, 2.05) is 24.3 Å². The Morgan fingerprint density at radius 1 is 0.952 bits per heavy atom. The minimum atomic E-state index is -4.44. The second kappa shape index (κ2) is 13.3. The summed E-state index contributed by atoms with van der Waals surface area (Å²) < 4.78 is 39.5.